The zero-order valence-electron chi connectivity index (χ0n) is 15.2. The van der Waals surface area contributed by atoms with E-state index in [1.54, 1.807) is 12.1 Å². The minimum Gasteiger partial charge on any atom is -0.479 e. The minimum atomic E-state index is -1.28. The molecule has 0 radical (unpaired) electrons. The second-order valence-electron chi connectivity index (χ2n) is 6.36. The van der Waals surface area contributed by atoms with Crippen LogP contribution in [0.1, 0.15) is 16.6 Å². The molecule has 3 aromatic rings. The van der Waals surface area contributed by atoms with Crippen molar-refractivity contribution in [3.63, 3.8) is 0 Å². The number of hydrogen-bond donors (Lipinski definition) is 2. The Morgan fingerprint density at radius 2 is 1.97 bits per heavy atom. The number of esters is 1. The summed E-state index contributed by atoms with van der Waals surface area (Å²) in [6.45, 7) is -0.249. The Kier molecular flexibility index (Phi) is 5.33. The number of aliphatic hydroxyl groups is 2. The van der Waals surface area contributed by atoms with Crippen LogP contribution in [0, 0.1) is 0 Å². The van der Waals surface area contributed by atoms with Gasteiger partial charge in [0.05, 0.1) is 19.0 Å². The van der Waals surface area contributed by atoms with Gasteiger partial charge in [-0.15, -0.1) is 0 Å². The van der Waals surface area contributed by atoms with E-state index in [9.17, 15) is 15.0 Å². The van der Waals surface area contributed by atoms with Crippen molar-refractivity contribution < 1.29 is 29.2 Å². The van der Waals surface area contributed by atoms with Gasteiger partial charge in [-0.2, -0.15) is 4.98 Å². The number of methoxy groups -OCH3 is 1. The van der Waals surface area contributed by atoms with Crippen LogP contribution < -0.4 is 4.74 Å². The van der Waals surface area contributed by atoms with E-state index in [2.05, 4.69) is 15.0 Å². The zero-order chi connectivity index (χ0) is 20.5. The van der Waals surface area contributed by atoms with Crippen LogP contribution in [-0.2, 0) is 9.47 Å². The molecule has 0 aliphatic carbocycles. The van der Waals surface area contributed by atoms with Crippen LogP contribution in [0.5, 0.6) is 5.88 Å². The number of fused-ring (bicyclic) bond motifs is 1. The van der Waals surface area contributed by atoms with Crippen LogP contribution in [0.3, 0.4) is 0 Å². The molecule has 1 fully saturated rings. The molecule has 0 unspecified atom stereocenters. The topological polar surface area (TPSA) is 129 Å². The summed E-state index contributed by atoms with van der Waals surface area (Å²) in [5.41, 5.74) is 1.06. The predicted molar refractivity (Wildman–Crippen MR) is 99.5 cm³/mol. The number of nitrogens with zero attached hydrogens (tertiary/aromatic N) is 4. The van der Waals surface area contributed by atoms with Gasteiger partial charge in [0.15, 0.2) is 17.4 Å². The lowest BCUT2D eigenvalue weighted by Crippen LogP contribution is -2.34. The summed E-state index contributed by atoms with van der Waals surface area (Å²) in [7, 11) is 1.45. The first-order chi connectivity index (χ1) is 14.0. The first-order valence-electron chi connectivity index (χ1n) is 8.65. The van der Waals surface area contributed by atoms with Crippen molar-refractivity contribution in [1.29, 1.82) is 0 Å². The number of aromatic nitrogens is 4. The van der Waals surface area contributed by atoms with E-state index in [4.69, 9.17) is 25.8 Å². The summed E-state index contributed by atoms with van der Waals surface area (Å²) in [6, 6.07) is 6.19. The fourth-order valence-electron chi connectivity index (χ4n) is 3.09. The fraction of sp³-hybridized carbons (Fsp3) is 0.333. The first-order valence-corrected chi connectivity index (χ1v) is 9.03. The third-order valence-corrected chi connectivity index (χ3v) is 4.84. The Hall–Kier alpha value is -2.79. The van der Waals surface area contributed by atoms with Gasteiger partial charge in [0.25, 0.3) is 0 Å². The molecule has 3 heterocycles. The van der Waals surface area contributed by atoms with E-state index in [1.165, 1.54) is 36.5 Å². The molecule has 0 spiro atoms. The summed E-state index contributed by atoms with van der Waals surface area (Å²) in [5.74, 6) is -0.323. The van der Waals surface area contributed by atoms with Gasteiger partial charge in [-0.05, 0) is 24.3 Å². The number of benzene rings is 1. The summed E-state index contributed by atoms with van der Waals surface area (Å²) in [6.07, 6.45) is -1.78. The van der Waals surface area contributed by atoms with Crippen LogP contribution >= 0.6 is 11.6 Å². The molecule has 11 heteroatoms. The van der Waals surface area contributed by atoms with Crippen molar-refractivity contribution >= 4 is 28.7 Å². The summed E-state index contributed by atoms with van der Waals surface area (Å²) < 4.78 is 17.6. The maximum atomic E-state index is 12.1. The maximum Gasteiger partial charge on any atom is 0.338 e. The molecule has 0 saturated carbocycles. The second-order valence-corrected chi connectivity index (χ2v) is 6.80. The van der Waals surface area contributed by atoms with Crippen LogP contribution in [0.25, 0.3) is 11.2 Å². The highest BCUT2D eigenvalue weighted by atomic mass is 35.5. The molecular weight excluding hydrogens is 404 g/mol. The number of aliphatic hydroxyl groups excluding tert-OH is 2. The molecule has 10 nitrogen and oxygen atoms in total. The molecule has 2 aromatic heterocycles. The van der Waals surface area contributed by atoms with Crippen molar-refractivity contribution in [2.45, 2.75) is 24.5 Å². The lowest BCUT2D eigenvalue weighted by molar-refractivity contribution is -0.0565. The average Bonchev–Trinajstić information content (AvgIpc) is 3.28. The minimum absolute atomic E-state index is 0.249. The Morgan fingerprint density at radius 3 is 2.69 bits per heavy atom. The summed E-state index contributed by atoms with van der Waals surface area (Å²) in [5, 5.41) is 21.3. The molecule has 4 atom stereocenters. The average molecular weight is 421 g/mol. The van der Waals surface area contributed by atoms with Crippen LogP contribution in [0.15, 0.2) is 36.9 Å². The Bertz CT molecular complexity index is 1030. The van der Waals surface area contributed by atoms with E-state index in [1.807, 2.05) is 0 Å². The van der Waals surface area contributed by atoms with Crippen LogP contribution in [0.4, 0.5) is 0 Å². The first kappa shape index (κ1) is 19.5. The van der Waals surface area contributed by atoms with Crippen molar-refractivity contribution in [2.24, 2.45) is 0 Å². The number of halogens is 1. The molecule has 1 aliphatic rings. The highest BCUT2D eigenvalue weighted by molar-refractivity contribution is 6.30. The van der Waals surface area contributed by atoms with E-state index in [-0.39, 0.29) is 12.5 Å². The smallest absolute Gasteiger partial charge is 0.338 e. The molecule has 1 aromatic carbocycles. The highest BCUT2D eigenvalue weighted by Crippen LogP contribution is 2.32. The summed E-state index contributed by atoms with van der Waals surface area (Å²) in [4.78, 5) is 24.4. The Morgan fingerprint density at radius 1 is 1.21 bits per heavy atom. The van der Waals surface area contributed by atoms with Gasteiger partial charge < -0.3 is 24.4 Å². The number of carbonyl (C=O) groups is 1. The van der Waals surface area contributed by atoms with Crippen molar-refractivity contribution in [1.82, 2.24) is 19.5 Å². The van der Waals surface area contributed by atoms with Gasteiger partial charge in [-0.3, -0.25) is 4.57 Å². The van der Waals surface area contributed by atoms with Gasteiger partial charge in [0.1, 0.15) is 31.2 Å². The van der Waals surface area contributed by atoms with Crippen molar-refractivity contribution in [3.8, 4) is 5.88 Å². The van der Waals surface area contributed by atoms with E-state index < -0.39 is 30.5 Å². The van der Waals surface area contributed by atoms with Crippen LogP contribution in [0.2, 0.25) is 5.02 Å². The standard InChI is InChI=1S/C18H17ClN4O6/c1-27-16-12-15(20-7-21-16)23(8-22-12)17-14(25)13(24)11(29-17)6-28-18(26)9-2-4-10(19)5-3-9/h2-5,7-8,11,13-14,17,24-25H,6H2,1H3/t11-,13-,14+,17-/m1/s1. The molecule has 2 N–H and O–H groups in total. The highest BCUT2D eigenvalue weighted by Gasteiger charge is 2.45. The molecule has 152 valence electrons. The monoisotopic (exact) mass is 420 g/mol. The third-order valence-electron chi connectivity index (χ3n) is 4.59. The van der Waals surface area contributed by atoms with E-state index >= 15 is 0 Å². The van der Waals surface area contributed by atoms with Gasteiger partial charge in [-0.25, -0.2) is 14.8 Å². The molecule has 1 saturated heterocycles. The van der Waals surface area contributed by atoms with E-state index in [0.29, 0.717) is 21.7 Å². The van der Waals surface area contributed by atoms with Gasteiger partial charge >= 0.3 is 5.97 Å². The molecule has 29 heavy (non-hydrogen) atoms. The van der Waals surface area contributed by atoms with Gasteiger partial charge in [0.2, 0.25) is 5.88 Å². The molecule has 4 rings (SSSR count). The normalized spacial score (nSPS) is 24.0. The summed E-state index contributed by atoms with van der Waals surface area (Å²) >= 11 is 5.80. The van der Waals surface area contributed by atoms with Gasteiger partial charge in [0, 0.05) is 5.02 Å². The SMILES string of the molecule is COc1ncnc2c1ncn2[C@@H]1O[C@H](COC(=O)c2ccc(Cl)cc2)[C@@H](O)[C@@H]1O. The quantitative estimate of drug-likeness (QED) is 0.580. The molecular formula is C18H17ClN4O6. The maximum absolute atomic E-state index is 12.1. The lowest BCUT2D eigenvalue weighted by atomic mass is 10.1. The lowest BCUT2D eigenvalue weighted by Gasteiger charge is -2.16. The zero-order valence-corrected chi connectivity index (χ0v) is 15.9. The largest absolute Gasteiger partial charge is 0.479 e. The van der Waals surface area contributed by atoms with Crippen molar-refractivity contribution in [2.75, 3.05) is 13.7 Å². The second kappa shape index (κ2) is 7.91. The fourth-order valence-corrected chi connectivity index (χ4v) is 3.22. The Balaban J connectivity index is 1.48. The number of ether oxygens (including phenoxy) is 3. The van der Waals surface area contributed by atoms with E-state index in [0.717, 1.165) is 0 Å². The molecule has 0 bridgehead atoms. The third kappa shape index (κ3) is 3.62. The number of imidazole rings is 1. The number of hydrogen-bond acceptors (Lipinski definition) is 9. The number of carbonyl (C=O) groups excluding carboxylic acids is 1. The van der Waals surface area contributed by atoms with Crippen molar-refractivity contribution in [3.05, 3.63) is 47.5 Å². The van der Waals surface area contributed by atoms with Gasteiger partial charge in [-0.1, -0.05) is 11.6 Å². The molecule has 1 aliphatic heterocycles. The molecule has 0 amide bonds. The number of rotatable bonds is 5. The predicted octanol–water partition coefficient (Wildman–Crippen LogP) is 0.964. The van der Waals surface area contributed by atoms with Crippen LogP contribution in [-0.4, -0.2) is 67.7 Å². The Labute approximate surface area is 169 Å².